The number of benzene rings is 1. The maximum absolute atomic E-state index is 5.92. The number of likely N-dealkylation sites (tertiary alicyclic amines) is 1. The van der Waals surface area contributed by atoms with E-state index in [9.17, 15) is 0 Å². The van der Waals surface area contributed by atoms with Crippen LogP contribution in [-0.2, 0) is 13.0 Å². The van der Waals surface area contributed by atoms with Crippen LogP contribution in [0.4, 0.5) is 0 Å². The quantitative estimate of drug-likeness (QED) is 0.567. The molecular weight excluding hydrogens is 340 g/mol. The number of hydrogen-bond donors (Lipinski definition) is 2. The van der Waals surface area contributed by atoms with E-state index in [0.29, 0.717) is 19.2 Å². The van der Waals surface area contributed by atoms with Crippen molar-refractivity contribution in [1.82, 2.24) is 15.5 Å². The zero-order chi connectivity index (χ0) is 19.2. The highest BCUT2D eigenvalue weighted by Crippen LogP contribution is 2.35. The van der Waals surface area contributed by atoms with Gasteiger partial charge in [0, 0.05) is 36.7 Å². The minimum Gasteiger partial charge on any atom is -0.494 e. The molecule has 3 rings (SSSR count). The minimum absolute atomic E-state index is 0.232. The van der Waals surface area contributed by atoms with Gasteiger partial charge in [0.25, 0.3) is 0 Å². The van der Waals surface area contributed by atoms with E-state index in [2.05, 4.69) is 48.6 Å². The lowest BCUT2D eigenvalue weighted by Crippen LogP contribution is -2.44. The zero-order valence-corrected chi connectivity index (χ0v) is 17.2. The van der Waals surface area contributed by atoms with Crippen molar-refractivity contribution in [2.45, 2.75) is 58.7 Å². The predicted molar refractivity (Wildman–Crippen MR) is 110 cm³/mol. The van der Waals surface area contributed by atoms with Gasteiger partial charge in [0.05, 0.1) is 13.2 Å². The molecule has 0 amide bonds. The molecular formula is C21H34N4O2. The van der Waals surface area contributed by atoms with Crippen LogP contribution in [-0.4, -0.2) is 56.3 Å². The van der Waals surface area contributed by atoms with Crippen LogP contribution < -0.4 is 20.1 Å². The number of fused-ring (bicyclic) bond motifs is 1. The molecule has 2 heterocycles. The maximum Gasteiger partial charge on any atom is 0.191 e. The molecule has 2 aliphatic heterocycles. The summed E-state index contributed by atoms with van der Waals surface area (Å²) in [6.45, 7) is 10.4. The fourth-order valence-electron chi connectivity index (χ4n) is 3.85. The van der Waals surface area contributed by atoms with Crippen molar-refractivity contribution >= 4 is 5.96 Å². The highest BCUT2D eigenvalue weighted by molar-refractivity contribution is 5.79. The van der Waals surface area contributed by atoms with E-state index in [1.54, 1.807) is 0 Å². The first-order valence-electron chi connectivity index (χ1n) is 10.3. The molecule has 6 nitrogen and oxygen atoms in total. The van der Waals surface area contributed by atoms with Gasteiger partial charge < -0.3 is 25.0 Å². The van der Waals surface area contributed by atoms with Gasteiger partial charge in [0.2, 0.25) is 0 Å². The third-order valence-corrected chi connectivity index (χ3v) is 5.31. The first-order valence-corrected chi connectivity index (χ1v) is 10.3. The van der Waals surface area contributed by atoms with Gasteiger partial charge in [-0.25, -0.2) is 4.99 Å². The fourth-order valence-corrected chi connectivity index (χ4v) is 3.85. The van der Waals surface area contributed by atoms with Crippen LogP contribution in [0.3, 0.4) is 0 Å². The first kappa shape index (κ1) is 19.8. The molecule has 0 spiro atoms. The van der Waals surface area contributed by atoms with Gasteiger partial charge in [-0.3, -0.25) is 0 Å². The summed E-state index contributed by atoms with van der Waals surface area (Å²) in [4.78, 5) is 7.22. The highest BCUT2D eigenvalue weighted by Gasteiger charge is 2.22. The summed E-state index contributed by atoms with van der Waals surface area (Å²) >= 11 is 0. The lowest BCUT2D eigenvalue weighted by molar-refractivity contribution is 0.254. The number of rotatable bonds is 7. The molecule has 0 radical (unpaired) electrons. The van der Waals surface area contributed by atoms with Crippen molar-refractivity contribution in [3.63, 3.8) is 0 Å². The molecule has 2 unspecified atom stereocenters. The topological polar surface area (TPSA) is 58.1 Å². The van der Waals surface area contributed by atoms with Crippen LogP contribution in [0.15, 0.2) is 17.1 Å². The molecule has 1 fully saturated rings. The summed E-state index contributed by atoms with van der Waals surface area (Å²) in [5.74, 6) is 2.75. The van der Waals surface area contributed by atoms with Gasteiger partial charge in [-0.2, -0.15) is 0 Å². The van der Waals surface area contributed by atoms with Crippen molar-refractivity contribution < 1.29 is 9.47 Å². The van der Waals surface area contributed by atoms with Gasteiger partial charge in [-0.15, -0.1) is 0 Å². The molecule has 0 saturated carbocycles. The van der Waals surface area contributed by atoms with E-state index in [-0.39, 0.29) is 6.10 Å². The molecule has 0 aromatic heterocycles. The molecule has 1 aromatic carbocycles. The molecule has 150 valence electrons. The number of ether oxygens (including phenoxy) is 2. The zero-order valence-electron chi connectivity index (χ0n) is 17.2. The summed E-state index contributed by atoms with van der Waals surface area (Å²) in [6.07, 6.45) is 3.70. The number of likely N-dealkylation sites (N-methyl/N-ethyl adjacent to an activating group) is 1. The Morgan fingerprint density at radius 1 is 1.33 bits per heavy atom. The second-order valence-corrected chi connectivity index (χ2v) is 7.49. The molecule has 0 bridgehead atoms. The number of guanidine groups is 1. The van der Waals surface area contributed by atoms with Crippen LogP contribution in [0.1, 0.15) is 44.7 Å². The fraction of sp³-hybridized carbons (Fsp3) is 0.667. The van der Waals surface area contributed by atoms with Crippen LogP contribution >= 0.6 is 0 Å². The van der Waals surface area contributed by atoms with E-state index in [0.717, 1.165) is 42.5 Å². The Bertz CT molecular complexity index is 662. The average Bonchev–Trinajstić information content (AvgIpc) is 3.21. The lowest BCUT2D eigenvalue weighted by atomic mass is 10.1. The van der Waals surface area contributed by atoms with Crippen molar-refractivity contribution in [1.29, 1.82) is 0 Å². The Balaban J connectivity index is 1.70. The molecule has 27 heavy (non-hydrogen) atoms. The molecule has 1 saturated heterocycles. The first-order chi connectivity index (χ1) is 13.1. The van der Waals surface area contributed by atoms with Crippen molar-refractivity contribution in [2.24, 2.45) is 4.99 Å². The normalized spacial score (nSPS) is 22.4. The summed E-state index contributed by atoms with van der Waals surface area (Å²) < 4.78 is 11.8. The summed E-state index contributed by atoms with van der Waals surface area (Å²) in [5.41, 5.74) is 2.30. The van der Waals surface area contributed by atoms with Gasteiger partial charge in [-0.05, 0) is 59.3 Å². The van der Waals surface area contributed by atoms with Gasteiger partial charge in [-0.1, -0.05) is 0 Å². The Kier molecular flexibility index (Phi) is 6.83. The number of nitrogens with one attached hydrogen (secondary N) is 2. The smallest absolute Gasteiger partial charge is 0.191 e. The second-order valence-electron chi connectivity index (χ2n) is 7.49. The summed E-state index contributed by atoms with van der Waals surface area (Å²) in [7, 11) is 2.20. The monoisotopic (exact) mass is 374 g/mol. The molecule has 1 aromatic rings. The summed E-state index contributed by atoms with van der Waals surface area (Å²) in [5, 5.41) is 6.85. The van der Waals surface area contributed by atoms with Crippen molar-refractivity contribution in [3.05, 3.63) is 23.3 Å². The molecule has 2 atom stereocenters. The molecule has 6 heteroatoms. The van der Waals surface area contributed by atoms with Gasteiger partial charge >= 0.3 is 0 Å². The van der Waals surface area contributed by atoms with E-state index in [1.807, 2.05) is 6.92 Å². The number of nitrogens with zero attached hydrogens (tertiary/aromatic N) is 2. The molecule has 2 aliphatic rings. The van der Waals surface area contributed by atoms with Crippen molar-refractivity contribution in [3.8, 4) is 11.5 Å². The van der Waals surface area contributed by atoms with Crippen LogP contribution in [0.5, 0.6) is 11.5 Å². The largest absolute Gasteiger partial charge is 0.494 e. The predicted octanol–water partition coefficient (Wildman–Crippen LogP) is 2.56. The maximum atomic E-state index is 5.92. The van der Waals surface area contributed by atoms with E-state index < -0.39 is 0 Å². The summed E-state index contributed by atoms with van der Waals surface area (Å²) in [6, 6.07) is 4.81. The van der Waals surface area contributed by atoms with E-state index in [1.165, 1.54) is 24.9 Å². The molecule has 2 N–H and O–H groups in total. The Labute approximate surface area is 163 Å². The van der Waals surface area contributed by atoms with Crippen LogP contribution in [0, 0.1) is 0 Å². The van der Waals surface area contributed by atoms with Gasteiger partial charge in [0.1, 0.15) is 17.6 Å². The SMILES string of the molecule is CCNC(=NCc1cc2c(cc1OCC)CC(C)O2)NCC1CCCN1C. The number of aliphatic imine (C=N–C) groups is 1. The Morgan fingerprint density at radius 2 is 2.19 bits per heavy atom. The third kappa shape index (κ3) is 5.06. The Morgan fingerprint density at radius 3 is 2.89 bits per heavy atom. The third-order valence-electron chi connectivity index (χ3n) is 5.31. The number of hydrogen-bond acceptors (Lipinski definition) is 4. The lowest BCUT2D eigenvalue weighted by Gasteiger charge is -2.21. The van der Waals surface area contributed by atoms with Crippen LogP contribution in [0.25, 0.3) is 0 Å². The van der Waals surface area contributed by atoms with Crippen molar-refractivity contribution in [2.75, 3.05) is 33.3 Å². The van der Waals surface area contributed by atoms with E-state index in [4.69, 9.17) is 14.5 Å². The van der Waals surface area contributed by atoms with Gasteiger partial charge in [0.15, 0.2) is 5.96 Å². The minimum atomic E-state index is 0.232. The highest BCUT2D eigenvalue weighted by atomic mass is 16.5. The molecule has 0 aliphatic carbocycles. The Hall–Kier alpha value is -1.95. The van der Waals surface area contributed by atoms with E-state index >= 15 is 0 Å². The second kappa shape index (κ2) is 9.31. The standard InChI is InChI=1S/C21H34N4O2/c1-5-22-21(24-14-18-8-7-9-25(18)4)23-13-17-12-20-16(10-15(3)27-20)11-19(17)26-6-2/h11-12,15,18H,5-10,13-14H2,1-4H3,(H2,22,23,24). The van der Waals surface area contributed by atoms with Crippen LogP contribution in [0.2, 0.25) is 0 Å². The average molecular weight is 375 g/mol.